The fourth-order valence-corrected chi connectivity index (χ4v) is 3.86. The van der Waals surface area contributed by atoms with Gasteiger partial charge in [-0.3, -0.25) is 4.99 Å². The summed E-state index contributed by atoms with van der Waals surface area (Å²) < 4.78 is 27.7. The third-order valence-electron chi connectivity index (χ3n) is 3.26. The Morgan fingerprint density at radius 1 is 1.40 bits per heavy atom. The molecule has 2 rings (SSSR count). The van der Waals surface area contributed by atoms with Crippen LogP contribution in [0, 0.1) is 0 Å². The van der Waals surface area contributed by atoms with E-state index < -0.39 is 9.84 Å². The van der Waals surface area contributed by atoms with Crippen molar-refractivity contribution >= 4 is 16.1 Å². The number of nitrogens with zero attached hydrogens (tertiary/aromatic N) is 1. The van der Waals surface area contributed by atoms with E-state index in [1.54, 1.807) is 7.11 Å². The Hall–Kier alpha value is -1.40. The second-order valence-electron chi connectivity index (χ2n) is 4.86. The summed E-state index contributed by atoms with van der Waals surface area (Å²) in [4.78, 5) is 4.32. The van der Waals surface area contributed by atoms with E-state index in [-0.39, 0.29) is 11.8 Å². The molecule has 1 fully saturated rings. The van der Waals surface area contributed by atoms with Crippen molar-refractivity contribution in [2.75, 3.05) is 31.7 Å². The first-order chi connectivity index (χ1) is 9.59. The SMILES string of the molecule is COc1ccc(C=NCCN[C@@H]2CCS(=O)(=O)C2)cc1. The topological polar surface area (TPSA) is 67.8 Å². The Morgan fingerprint density at radius 3 is 2.75 bits per heavy atom. The molecule has 5 nitrogen and oxygen atoms in total. The number of hydrogen-bond donors (Lipinski definition) is 1. The highest BCUT2D eigenvalue weighted by atomic mass is 32.2. The van der Waals surface area contributed by atoms with E-state index >= 15 is 0 Å². The zero-order valence-electron chi connectivity index (χ0n) is 11.6. The van der Waals surface area contributed by atoms with Gasteiger partial charge >= 0.3 is 0 Å². The average Bonchev–Trinajstić information content (AvgIpc) is 2.78. The molecule has 110 valence electrons. The van der Waals surface area contributed by atoms with Gasteiger partial charge in [0.15, 0.2) is 9.84 Å². The summed E-state index contributed by atoms with van der Waals surface area (Å²) in [5, 5.41) is 3.23. The van der Waals surface area contributed by atoms with Crippen LogP contribution in [0.5, 0.6) is 5.75 Å². The van der Waals surface area contributed by atoms with Crippen LogP contribution in [0.25, 0.3) is 0 Å². The lowest BCUT2D eigenvalue weighted by Crippen LogP contribution is -2.32. The normalized spacial score (nSPS) is 21.4. The predicted octanol–water partition coefficient (Wildman–Crippen LogP) is 0.891. The average molecular weight is 296 g/mol. The van der Waals surface area contributed by atoms with Gasteiger partial charge in [0.2, 0.25) is 0 Å². The lowest BCUT2D eigenvalue weighted by atomic mass is 10.2. The molecule has 1 heterocycles. The van der Waals surface area contributed by atoms with Crippen LogP contribution in [0.1, 0.15) is 12.0 Å². The molecule has 1 aromatic carbocycles. The smallest absolute Gasteiger partial charge is 0.151 e. The molecule has 0 saturated carbocycles. The Balaban J connectivity index is 1.69. The van der Waals surface area contributed by atoms with Gasteiger partial charge in [-0.25, -0.2) is 8.42 Å². The fraction of sp³-hybridized carbons (Fsp3) is 0.500. The van der Waals surface area contributed by atoms with Crippen molar-refractivity contribution in [3.8, 4) is 5.75 Å². The van der Waals surface area contributed by atoms with Crippen LogP contribution in [0.2, 0.25) is 0 Å². The third-order valence-corrected chi connectivity index (χ3v) is 5.03. The molecule has 1 saturated heterocycles. The molecule has 0 bridgehead atoms. The Morgan fingerprint density at radius 2 is 2.15 bits per heavy atom. The maximum atomic E-state index is 11.3. The number of sulfone groups is 1. The Bertz CT molecular complexity index is 552. The molecule has 6 heteroatoms. The van der Waals surface area contributed by atoms with Crippen LogP contribution in [0.4, 0.5) is 0 Å². The molecule has 0 unspecified atom stereocenters. The molecule has 1 aromatic rings. The maximum Gasteiger partial charge on any atom is 0.151 e. The van der Waals surface area contributed by atoms with Crippen molar-refractivity contribution in [1.29, 1.82) is 0 Å². The molecule has 0 aromatic heterocycles. The van der Waals surface area contributed by atoms with E-state index in [0.717, 1.165) is 11.3 Å². The minimum atomic E-state index is -2.80. The zero-order valence-corrected chi connectivity index (χ0v) is 12.4. The van der Waals surface area contributed by atoms with Crippen LogP contribution in [0.15, 0.2) is 29.3 Å². The fourth-order valence-electron chi connectivity index (χ4n) is 2.15. The van der Waals surface area contributed by atoms with Crippen LogP contribution in [0.3, 0.4) is 0 Å². The van der Waals surface area contributed by atoms with E-state index in [0.29, 0.717) is 25.3 Å². The van der Waals surface area contributed by atoms with Crippen molar-refractivity contribution in [3.63, 3.8) is 0 Å². The van der Waals surface area contributed by atoms with Gasteiger partial charge in [0.1, 0.15) is 5.75 Å². The van der Waals surface area contributed by atoms with E-state index in [1.807, 2.05) is 30.5 Å². The molecule has 0 amide bonds. The van der Waals surface area contributed by atoms with Crippen LogP contribution >= 0.6 is 0 Å². The van der Waals surface area contributed by atoms with Gasteiger partial charge in [0.25, 0.3) is 0 Å². The van der Waals surface area contributed by atoms with Crippen LogP contribution in [-0.2, 0) is 9.84 Å². The second-order valence-corrected chi connectivity index (χ2v) is 7.09. The van der Waals surface area contributed by atoms with Gasteiger partial charge in [-0.1, -0.05) is 0 Å². The quantitative estimate of drug-likeness (QED) is 0.625. The van der Waals surface area contributed by atoms with Crippen molar-refractivity contribution in [2.45, 2.75) is 12.5 Å². The summed E-state index contributed by atoms with van der Waals surface area (Å²) >= 11 is 0. The van der Waals surface area contributed by atoms with E-state index in [4.69, 9.17) is 4.74 Å². The first kappa shape index (κ1) is 15.0. The highest BCUT2D eigenvalue weighted by Crippen LogP contribution is 2.11. The van der Waals surface area contributed by atoms with Gasteiger partial charge in [-0.2, -0.15) is 0 Å². The number of rotatable bonds is 6. The summed E-state index contributed by atoms with van der Waals surface area (Å²) in [6.07, 6.45) is 2.52. The summed E-state index contributed by atoms with van der Waals surface area (Å²) in [6, 6.07) is 7.76. The molecule has 0 spiro atoms. The van der Waals surface area contributed by atoms with Crippen LogP contribution in [-0.4, -0.2) is 52.4 Å². The molecule has 1 atom stereocenters. The minimum absolute atomic E-state index is 0.0937. The molecule has 20 heavy (non-hydrogen) atoms. The summed E-state index contributed by atoms with van der Waals surface area (Å²) in [6.45, 7) is 1.34. The minimum Gasteiger partial charge on any atom is -0.497 e. The number of hydrogen-bond acceptors (Lipinski definition) is 5. The van der Waals surface area contributed by atoms with E-state index in [9.17, 15) is 8.42 Å². The molecule has 0 aliphatic carbocycles. The molecule has 1 N–H and O–H groups in total. The second kappa shape index (κ2) is 6.85. The Kier molecular flexibility index (Phi) is 5.14. The number of aliphatic imine (C=N–C) groups is 1. The molecule has 0 radical (unpaired) electrons. The monoisotopic (exact) mass is 296 g/mol. The van der Waals surface area contributed by atoms with Crippen molar-refractivity contribution in [2.24, 2.45) is 4.99 Å². The van der Waals surface area contributed by atoms with Crippen molar-refractivity contribution < 1.29 is 13.2 Å². The molecular formula is C14H20N2O3S. The third kappa shape index (κ3) is 4.61. The van der Waals surface area contributed by atoms with Crippen molar-refractivity contribution in [3.05, 3.63) is 29.8 Å². The number of nitrogens with one attached hydrogen (secondary N) is 1. The van der Waals surface area contributed by atoms with E-state index in [2.05, 4.69) is 10.3 Å². The first-order valence-corrected chi connectivity index (χ1v) is 8.49. The molecular weight excluding hydrogens is 276 g/mol. The van der Waals surface area contributed by atoms with Crippen LogP contribution < -0.4 is 10.1 Å². The largest absolute Gasteiger partial charge is 0.497 e. The highest BCUT2D eigenvalue weighted by Gasteiger charge is 2.26. The predicted molar refractivity (Wildman–Crippen MR) is 80.5 cm³/mol. The lowest BCUT2D eigenvalue weighted by Gasteiger charge is -2.08. The molecule has 1 aliphatic heterocycles. The van der Waals surface area contributed by atoms with Gasteiger partial charge in [0.05, 0.1) is 25.2 Å². The zero-order chi connectivity index (χ0) is 14.4. The lowest BCUT2D eigenvalue weighted by molar-refractivity contribution is 0.415. The summed E-state index contributed by atoms with van der Waals surface area (Å²) in [5.74, 6) is 1.39. The van der Waals surface area contributed by atoms with E-state index in [1.165, 1.54) is 0 Å². The van der Waals surface area contributed by atoms with Gasteiger partial charge in [0, 0.05) is 18.8 Å². The summed E-state index contributed by atoms with van der Waals surface area (Å²) in [5.41, 5.74) is 1.02. The number of ether oxygens (including phenoxy) is 1. The van der Waals surface area contributed by atoms with Gasteiger partial charge in [-0.15, -0.1) is 0 Å². The highest BCUT2D eigenvalue weighted by molar-refractivity contribution is 7.91. The molecule has 1 aliphatic rings. The maximum absolute atomic E-state index is 11.3. The number of benzene rings is 1. The van der Waals surface area contributed by atoms with Gasteiger partial charge in [-0.05, 0) is 36.2 Å². The number of methoxy groups -OCH3 is 1. The summed E-state index contributed by atoms with van der Waals surface area (Å²) in [7, 11) is -1.16. The van der Waals surface area contributed by atoms with Gasteiger partial charge < -0.3 is 10.1 Å². The first-order valence-electron chi connectivity index (χ1n) is 6.67. The Labute approximate surface area is 120 Å². The van der Waals surface area contributed by atoms with Crippen molar-refractivity contribution in [1.82, 2.24) is 5.32 Å². The standard InChI is InChI=1S/C14H20N2O3S/c1-19-14-4-2-12(3-5-14)10-15-7-8-16-13-6-9-20(17,18)11-13/h2-5,10,13,16H,6-9,11H2,1H3/t13-/m1/s1.